The van der Waals surface area contributed by atoms with Crippen molar-refractivity contribution in [3.05, 3.63) is 77.0 Å². The summed E-state index contributed by atoms with van der Waals surface area (Å²) in [6, 6.07) is 9.55. The fourth-order valence-electron chi connectivity index (χ4n) is 2.97. The Morgan fingerprint density at radius 2 is 1.80 bits per heavy atom. The second-order valence-corrected chi connectivity index (χ2v) is 6.52. The summed E-state index contributed by atoms with van der Waals surface area (Å²) in [4.78, 5) is 24.6. The lowest BCUT2D eigenvalue weighted by molar-refractivity contribution is -0.274. The second-order valence-electron chi connectivity index (χ2n) is 6.52. The molecule has 3 aromatic rings. The van der Waals surface area contributed by atoms with Gasteiger partial charge in [0, 0.05) is 17.0 Å². The van der Waals surface area contributed by atoms with Crippen molar-refractivity contribution in [3.8, 4) is 5.75 Å². The van der Waals surface area contributed by atoms with Crippen LogP contribution in [-0.4, -0.2) is 29.3 Å². The van der Waals surface area contributed by atoms with E-state index < -0.39 is 24.7 Å². The number of carbonyl (C=O) groups is 2. The van der Waals surface area contributed by atoms with Gasteiger partial charge in [-0.2, -0.15) is 0 Å². The van der Waals surface area contributed by atoms with Crippen LogP contribution < -0.4 is 4.74 Å². The van der Waals surface area contributed by atoms with Crippen molar-refractivity contribution < 1.29 is 36.7 Å². The summed E-state index contributed by atoms with van der Waals surface area (Å²) in [5.41, 5.74) is 1.97. The first-order valence-electron chi connectivity index (χ1n) is 8.89. The first-order chi connectivity index (χ1) is 14.1. The van der Waals surface area contributed by atoms with Crippen LogP contribution in [0.2, 0.25) is 0 Å². The molecule has 9 heteroatoms. The lowest BCUT2D eigenvalue weighted by atomic mass is 10.1. The van der Waals surface area contributed by atoms with Crippen molar-refractivity contribution >= 4 is 11.8 Å². The van der Waals surface area contributed by atoms with Gasteiger partial charge in [-0.1, -0.05) is 0 Å². The molecule has 0 aliphatic carbocycles. The Hall–Kier alpha value is -3.49. The third-order valence-corrected chi connectivity index (χ3v) is 4.43. The van der Waals surface area contributed by atoms with Crippen molar-refractivity contribution in [3.63, 3.8) is 0 Å². The number of hydrogen-bond donors (Lipinski definition) is 0. The fraction of sp³-hybridized carbons (Fsp3) is 0.238. The molecule has 0 fully saturated rings. The van der Waals surface area contributed by atoms with Crippen molar-refractivity contribution in [2.24, 2.45) is 0 Å². The van der Waals surface area contributed by atoms with E-state index in [4.69, 9.17) is 9.15 Å². The zero-order chi connectivity index (χ0) is 21.9. The predicted octanol–water partition coefficient (Wildman–Crippen LogP) is 4.68. The van der Waals surface area contributed by atoms with E-state index in [1.165, 1.54) is 0 Å². The van der Waals surface area contributed by atoms with Crippen LogP contribution >= 0.6 is 0 Å². The number of alkyl halides is 3. The van der Waals surface area contributed by atoms with E-state index in [1.807, 2.05) is 17.6 Å². The average molecular weight is 421 g/mol. The van der Waals surface area contributed by atoms with Gasteiger partial charge in [0.05, 0.1) is 18.4 Å². The van der Waals surface area contributed by atoms with Gasteiger partial charge in [0.15, 0.2) is 6.61 Å². The van der Waals surface area contributed by atoms with Crippen LogP contribution in [-0.2, 0) is 11.3 Å². The van der Waals surface area contributed by atoms with Gasteiger partial charge >= 0.3 is 12.3 Å². The molecule has 2 aromatic heterocycles. The van der Waals surface area contributed by atoms with Gasteiger partial charge in [0.1, 0.15) is 11.5 Å². The SMILES string of the molecule is Cc1cc(C(=O)COC(=O)c2ccc(OC(F)(F)F)cc2)c(C)n1Cc1ccco1. The van der Waals surface area contributed by atoms with Gasteiger partial charge in [-0.3, -0.25) is 4.79 Å². The molecule has 0 radical (unpaired) electrons. The van der Waals surface area contributed by atoms with Gasteiger partial charge < -0.3 is 18.5 Å². The number of esters is 1. The van der Waals surface area contributed by atoms with E-state index in [1.54, 1.807) is 25.3 Å². The zero-order valence-electron chi connectivity index (χ0n) is 16.2. The summed E-state index contributed by atoms with van der Waals surface area (Å²) in [6.07, 6.45) is -3.26. The molecule has 0 aliphatic heterocycles. The van der Waals surface area contributed by atoms with E-state index in [0.717, 1.165) is 35.7 Å². The molecule has 3 rings (SSSR count). The van der Waals surface area contributed by atoms with Crippen molar-refractivity contribution in [1.82, 2.24) is 4.57 Å². The van der Waals surface area contributed by atoms with Crippen LogP contribution in [0.5, 0.6) is 5.75 Å². The van der Waals surface area contributed by atoms with Gasteiger partial charge in [-0.15, -0.1) is 13.2 Å². The van der Waals surface area contributed by atoms with Gasteiger partial charge in [0.2, 0.25) is 5.78 Å². The van der Waals surface area contributed by atoms with Crippen molar-refractivity contribution in [2.75, 3.05) is 6.61 Å². The molecule has 0 amide bonds. The Kier molecular flexibility index (Phi) is 6.00. The third kappa shape index (κ3) is 5.11. The van der Waals surface area contributed by atoms with Crippen LogP contribution in [0.3, 0.4) is 0 Å². The lowest BCUT2D eigenvalue weighted by Crippen LogP contribution is -2.17. The summed E-state index contributed by atoms with van der Waals surface area (Å²) in [6.45, 7) is 3.60. The van der Waals surface area contributed by atoms with Crippen LogP contribution in [0, 0.1) is 13.8 Å². The predicted molar refractivity (Wildman–Crippen MR) is 99.5 cm³/mol. The Balaban J connectivity index is 1.62. The van der Waals surface area contributed by atoms with E-state index in [-0.39, 0.29) is 11.3 Å². The summed E-state index contributed by atoms with van der Waals surface area (Å²) in [5.74, 6) is -0.940. The second kappa shape index (κ2) is 8.48. The molecule has 0 unspecified atom stereocenters. The lowest BCUT2D eigenvalue weighted by Gasteiger charge is -2.09. The standard InChI is InChI=1S/C21H18F3NO5/c1-13-10-18(14(2)25(13)11-17-4-3-9-28-17)19(26)12-29-20(27)15-5-7-16(8-6-15)30-21(22,23)24/h3-10H,11-12H2,1-2H3. The summed E-state index contributed by atoms with van der Waals surface area (Å²) in [5, 5.41) is 0. The van der Waals surface area contributed by atoms with Crippen molar-refractivity contribution in [2.45, 2.75) is 26.8 Å². The molecule has 2 heterocycles. The molecule has 6 nitrogen and oxygen atoms in total. The highest BCUT2D eigenvalue weighted by Gasteiger charge is 2.31. The number of aryl methyl sites for hydroxylation is 1. The number of benzene rings is 1. The smallest absolute Gasteiger partial charge is 0.467 e. The average Bonchev–Trinajstić information content (AvgIpc) is 3.29. The monoisotopic (exact) mass is 421 g/mol. The largest absolute Gasteiger partial charge is 0.573 e. The van der Waals surface area contributed by atoms with Crippen LogP contribution in [0.25, 0.3) is 0 Å². The van der Waals surface area contributed by atoms with Crippen LogP contribution in [0.4, 0.5) is 13.2 Å². The first-order valence-corrected chi connectivity index (χ1v) is 8.89. The molecule has 30 heavy (non-hydrogen) atoms. The summed E-state index contributed by atoms with van der Waals surface area (Å²) in [7, 11) is 0. The van der Waals surface area contributed by atoms with Crippen molar-refractivity contribution in [1.29, 1.82) is 0 Å². The molecule has 0 saturated carbocycles. The van der Waals surface area contributed by atoms with E-state index in [0.29, 0.717) is 17.8 Å². The molecule has 1 aromatic carbocycles. The van der Waals surface area contributed by atoms with Gasteiger partial charge in [-0.25, -0.2) is 4.79 Å². The Morgan fingerprint density at radius 1 is 1.10 bits per heavy atom. The number of ketones is 1. The molecule has 0 bridgehead atoms. The highest BCUT2D eigenvalue weighted by molar-refractivity contribution is 6.00. The Morgan fingerprint density at radius 3 is 2.40 bits per heavy atom. The molecule has 0 spiro atoms. The number of rotatable bonds is 7. The minimum absolute atomic E-state index is 0.000571. The molecule has 0 N–H and O–H groups in total. The fourth-order valence-corrected chi connectivity index (χ4v) is 2.97. The highest BCUT2D eigenvalue weighted by atomic mass is 19.4. The third-order valence-electron chi connectivity index (χ3n) is 4.43. The van der Waals surface area contributed by atoms with Gasteiger partial charge in [-0.05, 0) is 56.3 Å². The highest BCUT2D eigenvalue weighted by Crippen LogP contribution is 2.23. The minimum Gasteiger partial charge on any atom is -0.467 e. The quantitative estimate of drug-likeness (QED) is 0.409. The maximum atomic E-state index is 12.5. The Labute approximate surface area is 169 Å². The maximum absolute atomic E-state index is 12.5. The number of halogens is 3. The van der Waals surface area contributed by atoms with Crippen LogP contribution in [0.1, 0.15) is 37.9 Å². The maximum Gasteiger partial charge on any atom is 0.573 e. The van der Waals surface area contributed by atoms with E-state index in [9.17, 15) is 22.8 Å². The molecule has 0 aliphatic rings. The van der Waals surface area contributed by atoms with Crippen LogP contribution in [0.15, 0.2) is 53.1 Å². The zero-order valence-corrected chi connectivity index (χ0v) is 16.2. The topological polar surface area (TPSA) is 70.7 Å². The number of hydrogen-bond acceptors (Lipinski definition) is 5. The summed E-state index contributed by atoms with van der Waals surface area (Å²) >= 11 is 0. The number of furan rings is 1. The summed E-state index contributed by atoms with van der Waals surface area (Å²) < 4.78 is 52.5. The molecule has 0 atom stereocenters. The number of nitrogens with zero attached hydrogens (tertiary/aromatic N) is 1. The molecular weight excluding hydrogens is 403 g/mol. The molecule has 158 valence electrons. The minimum atomic E-state index is -4.82. The normalized spacial score (nSPS) is 11.4. The number of ether oxygens (including phenoxy) is 2. The number of carbonyl (C=O) groups excluding carboxylic acids is 2. The number of aromatic nitrogens is 1. The van der Waals surface area contributed by atoms with Gasteiger partial charge in [0.25, 0.3) is 0 Å². The van der Waals surface area contributed by atoms with E-state index >= 15 is 0 Å². The Bertz CT molecular complexity index is 1030. The first kappa shape index (κ1) is 21.2. The molecular formula is C21H18F3NO5. The van der Waals surface area contributed by atoms with E-state index in [2.05, 4.69) is 4.74 Å². The number of Topliss-reactive ketones (excluding diaryl/α,β-unsaturated/α-hetero) is 1. The molecule has 0 saturated heterocycles.